The van der Waals surface area contributed by atoms with Gasteiger partial charge in [0.25, 0.3) is 0 Å². The first-order valence-corrected chi connectivity index (χ1v) is 51.2. The molecule has 0 aromatic rings. The molecule has 0 spiro atoms. The van der Waals surface area contributed by atoms with Crippen molar-refractivity contribution in [1.82, 2.24) is 0 Å². The summed E-state index contributed by atoms with van der Waals surface area (Å²) in [6.45, 7) is -5.59. The molecule has 14 bridgehead atoms. The summed E-state index contributed by atoms with van der Waals surface area (Å²) in [5.41, 5.74) is 0. The van der Waals surface area contributed by atoms with Gasteiger partial charge in [-0.05, 0) is 0 Å². The fraction of sp³-hybridized carbons (Fsp3) is 0.800. The Morgan fingerprint density at radius 1 is 0.156 bits per heavy atom. The molecule has 21 saturated heterocycles. The van der Waals surface area contributed by atoms with Crippen LogP contribution in [0.5, 0.6) is 0 Å². The smallest absolute Gasteiger partial charge is 0.397 e. The molecule has 21 heterocycles. The minimum Gasteiger partial charge on any atom is -0.455 e. The first-order chi connectivity index (χ1) is 67.7. The van der Waals surface area contributed by atoms with Gasteiger partial charge in [0.1, 0.15) is 85.5 Å². The van der Waals surface area contributed by atoms with E-state index in [4.69, 9.17) is 162 Å². The van der Waals surface area contributed by atoms with Crippen molar-refractivity contribution in [1.29, 1.82) is 0 Å². The van der Waals surface area contributed by atoms with Gasteiger partial charge in [-0.15, -0.1) is 0 Å². The van der Waals surface area contributed by atoms with Crippen molar-refractivity contribution < 1.29 is 320 Å². The van der Waals surface area contributed by atoms with E-state index in [-0.39, 0.29) is 0 Å². The highest BCUT2D eigenvalue weighted by Gasteiger charge is 2.67. The summed E-state index contributed by atoms with van der Waals surface area (Å²) in [5, 5.41) is 0. The summed E-state index contributed by atoms with van der Waals surface area (Å²) in [6, 6.07) is 0. The van der Waals surface area contributed by atoms with E-state index < -0.39 is 418 Å². The molecular formula is C70H98O70S7. The van der Waals surface area contributed by atoms with E-state index in [1.165, 1.54) is 0 Å². The van der Waals surface area contributed by atoms with Crippen LogP contribution in [-0.2, 0) is 302 Å². The molecule has 0 radical (unpaired) electrons. The van der Waals surface area contributed by atoms with Crippen LogP contribution in [0.15, 0.2) is 0 Å². The van der Waals surface area contributed by atoms with E-state index in [2.05, 4.69) is 0 Å². The fourth-order valence-corrected chi connectivity index (χ4v) is 17.8. The zero-order chi connectivity index (χ0) is 110. The van der Waals surface area contributed by atoms with Crippen molar-refractivity contribution in [3.8, 4) is 0 Å². The Hall–Kier alpha value is -8.89. The lowest BCUT2D eigenvalue weighted by molar-refractivity contribution is -0.396. The lowest BCUT2D eigenvalue weighted by atomic mass is 9.94. The van der Waals surface area contributed by atoms with E-state index in [9.17, 15) is 158 Å². The maximum atomic E-state index is 13.9. The molecule has 840 valence electrons. The van der Waals surface area contributed by atoms with Crippen LogP contribution in [0.1, 0.15) is 96.9 Å². The van der Waals surface area contributed by atoms with Crippen LogP contribution in [0.2, 0.25) is 0 Å². The van der Waals surface area contributed by atoms with Crippen LogP contribution in [0.3, 0.4) is 0 Å². The second-order valence-corrected chi connectivity index (χ2v) is 39.2. The number of hydrogen-bond acceptors (Lipinski definition) is 63. The van der Waals surface area contributed by atoms with Crippen LogP contribution in [0.4, 0.5) is 0 Å². The third-order valence-corrected chi connectivity index (χ3v) is 23.1. The molecule has 21 aliphatic heterocycles. The van der Waals surface area contributed by atoms with Crippen LogP contribution in [0, 0.1) is 0 Å². The highest BCUT2D eigenvalue weighted by atomic mass is 32.3. The standard InChI is InChI=1S/C70H98O70S7/c1-22(71)113-50-43-36(15-106-141(85,86)87)127-64(57(50)120-29(8)78)135-44-37(16-107-142(88,89)90)129-66(59(122-31(10)80)51(44)114-23(2)72)137-46-39(18-109-144(94,95)96)131-68(61(124-33(12)82)53(46)116-25(4)74)139-48-41(20-111-146(100,101)102)133-70(63(126-35(14)84)55(48)118-27(6)76)140-49-42(21-112-147(103,104)105)132-69(62(125-34(13)83)56(49)119-28(7)77)138-47-40(19-110-145(97,98)99)130-67(60(123-32(11)81)54(47)117-26(5)75)136-45-38(17-108-143(91,92)93)128-65(134-43)58(121-30(9)79)52(45)115-24(3)73/h36-70H,15-21H2,1-14H3,(H,85,86,87)(H,88,89,90)(H,91,92,93)(H,94,95,96)(H,97,98,99)(H,100,101,102)(H,103,104,105)/t36-,37-,38-,39-,40-,41-,42-,43-,44-,45-,46-,47-,48-,49-,50+,51+,52+,53+,54+,55+,56+,57-,58-,59-,60-,61-,62-,63+,64-,65-,66-,67-,68-,69-,70-/m0/s1. The van der Waals surface area contributed by atoms with Crippen molar-refractivity contribution in [3.63, 3.8) is 0 Å². The largest absolute Gasteiger partial charge is 0.455 e. The molecule has 0 unspecified atom stereocenters. The third-order valence-electron chi connectivity index (χ3n) is 20.1. The number of esters is 14. The van der Waals surface area contributed by atoms with E-state index in [0.717, 1.165) is 0 Å². The monoisotopic (exact) mass is 2280 g/mol. The van der Waals surface area contributed by atoms with Crippen molar-refractivity contribution in [2.45, 2.75) is 312 Å². The molecule has 77 heteroatoms. The number of carbonyl (C=O) groups is 14. The van der Waals surface area contributed by atoms with Gasteiger partial charge in [-0.1, -0.05) is 0 Å². The highest BCUT2D eigenvalue weighted by Crippen LogP contribution is 2.46. The summed E-state index contributed by atoms with van der Waals surface area (Å²) >= 11 is 0. The molecule has 147 heavy (non-hydrogen) atoms. The third kappa shape index (κ3) is 37.9. The van der Waals surface area contributed by atoms with Gasteiger partial charge in [-0.25, -0.2) is 29.3 Å². The first-order valence-electron chi connectivity index (χ1n) is 41.6. The van der Waals surface area contributed by atoms with Crippen LogP contribution in [0.25, 0.3) is 0 Å². The summed E-state index contributed by atoms with van der Waals surface area (Å²) in [4.78, 5) is 194. The van der Waals surface area contributed by atoms with E-state index in [0.29, 0.717) is 96.9 Å². The van der Waals surface area contributed by atoms with E-state index in [1.807, 2.05) is 0 Å². The summed E-state index contributed by atoms with van der Waals surface area (Å²) in [6.07, 6.45) is -99.6. The molecule has 0 aromatic carbocycles. The van der Waals surface area contributed by atoms with Gasteiger partial charge in [0.05, 0.1) is 46.2 Å². The Kier molecular flexibility index (Phi) is 43.2. The zero-order valence-electron chi connectivity index (χ0n) is 77.9. The number of carbonyl (C=O) groups excluding carboxylic acids is 14. The second-order valence-electron chi connectivity index (χ2n) is 31.5. The molecular weight excluding hydrogens is 2190 g/mol. The molecule has 70 nitrogen and oxygen atoms in total. The highest BCUT2D eigenvalue weighted by molar-refractivity contribution is 7.82. The molecule has 21 fully saturated rings. The molecule has 0 amide bonds. The zero-order valence-corrected chi connectivity index (χ0v) is 83.6. The van der Waals surface area contributed by atoms with Crippen molar-refractivity contribution in [3.05, 3.63) is 0 Å². The lowest BCUT2D eigenvalue weighted by Gasteiger charge is -2.52. The maximum absolute atomic E-state index is 13.9. The SMILES string of the molecule is CC(=O)O[C@@H]1[C@H]2O[C@@H]3O[C@@H](COS(=O)(=O)O)[C@H](O[C@@H]4O[C@@H](COS(=O)(=O)O)[C@H](O[C@@H]5O[C@@H](COS(=O)(=O)O)[C@H](O[C@@H]6O[C@@H](COS(=O)(=O)O)[C@H](O[C@@H]7O[C@@H](COS(=O)(=O)O)[C@H](O[C@@H]8O[C@@H](COS(=O)(=O)O)[C@H](O[C@H](O[C@H]2COS(=O)(=O)O)[C@@H]1OC(C)=O)[C@@H](OC(C)=O)[C@@H]8OC(C)=O)[C@@H](OC(C)=O)[C@@H]7OC(C)=O)[C@@H](OC(C)=O)[C@@H]6OC(C)=O)[C@@H](OC(C)=O)[C@@H]5OC(C)=O)[C@@H](OC(C)=O)[C@@H]4OC(C)=O)[C@@H](OC(C)=O)[C@@H]3OC(C)=O. The van der Waals surface area contributed by atoms with Crippen LogP contribution >= 0.6 is 0 Å². The maximum Gasteiger partial charge on any atom is 0.397 e. The molecule has 35 atom stereocenters. The van der Waals surface area contributed by atoms with Gasteiger partial charge in [-0.3, -0.25) is 99.0 Å². The van der Waals surface area contributed by atoms with Crippen LogP contribution in [-0.4, -0.2) is 436 Å². The quantitative estimate of drug-likeness (QED) is 0.0176. The van der Waals surface area contributed by atoms with Crippen molar-refractivity contribution in [2.24, 2.45) is 0 Å². The topological polar surface area (TPSA) is 943 Å². The minimum atomic E-state index is -5.99. The van der Waals surface area contributed by atoms with Gasteiger partial charge in [0.15, 0.2) is 129 Å². The molecule has 0 aromatic heterocycles. The predicted octanol–water partition coefficient (Wildman–Crippen LogP) is -8.45. The van der Waals surface area contributed by atoms with Gasteiger partial charge in [0.2, 0.25) is 0 Å². The number of ether oxygens (including phenoxy) is 28. The number of hydrogen-bond donors (Lipinski definition) is 7. The summed E-state index contributed by atoms with van der Waals surface area (Å²) < 4.78 is 452. The van der Waals surface area contributed by atoms with Gasteiger partial charge >= 0.3 is 156 Å². The Bertz CT molecular complexity index is 4640. The average Bonchev–Trinajstić information content (AvgIpc) is 0.850. The Morgan fingerprint density at radius 2 is 0.238 bits per heavy atom. The second kappa shape index (κ2) is 51.5. The van der Waals surface area contributed by atoms with Crippen molar-refractivity contribution >= 4 is 156 Å². The summed E-state index contributed by atoms with van der Waals surface area (Å²) in [7, 11) is -42.0. The Morgan fingerprint density at radius 3 is 0.313 bits per heavy atom. The fourth-order valence-electron chi connectivity index (χ4n) is 15.7. The van der Waals surface area contributed by atoms with Crippen molar-refractivity contribution in [2.75, 3.05) is 46.2 Å². The van der Waals surface area contributed by atoms with Gasteiger partial charge in [0, 0.05) is 96.9 Å². The molecule has 0 aliphatic carbocycles. The lowest BCUT2D eigenvalue weighted by Crippen LogP contribution is -2.70. The molecule has 21 aliphatic rings. The summed E-state index contributed by atoms with van der Waals surface area (Å²) in [5.74, 6) is -22.6. The number of rotatable bonds is 35. The van der Waals surface area contributed by atoms with E-state index >= 15 is 0 Å². The van der Waals surface area contributed by atoms with Gasteiger partial charge < -0.3 is 133 Å². The molecule has 21 rings (SSSR count). The predicted molar refractivity (Wildman–Crippen MR) is 435 cm³/mol. The molecule has 0 saturated carbocycles. The van der Waals surface area contributed by atoms with E-state index in [1.54, 1.807) is 0 Å². The Balaban J connectivity index is 1.56. The normalized spacial score (nSPS) is 34.7. The van der Waals surface area contributed by atoms with Gasteiger partial charge in [-0.2, -0.15) is 58.9 Å². The first kappa shape index (κ1) is 123. The minimum absolute atomic E-state index is 0.538. The van der Waals surface area contributed by atoms with Crippen LogP contribution < -0.4 is 0 Å². The Labute approximate surface area is 830 Å². The molecule has 7 N–H and O–H groups in total. The average molecular weight is 2280 g/mol.